The maximum atomic E-state index is 13.7. The highest BCUT2D eigenvalue weighted by atomic mass is 32.1. The molecule has 1 aliphatic heterocycles. The lowest BCUT2D eigenvalue weighted by atomic mass is 10.2. The fourth-order valence-corrected chi connectivity index (χ4v) is 3.16. The Balaban J connectivity index is 1.89. The minimum Gasteiger partial charge on any atom is -0.328 e. The molecule has 1 atom stereocenters. The molecule has 0 N–H and O–H groups in total. The monoisotopic (exact) mass is 295 g/mol. The van der Waals surface area contributed by atoms with E-state index in [4.69, 9.17) is 0 Å². The van der Waals surface area contributed by atoms with Gasteiger partial charge in [-0.1, -0.05) is 0 Å². The first-order valence-corrected chi connectivity index (χ1v) is 7.06. The summed E-state index contributed by atoms with van der Waals surface area (Å²) in [5, 5.41) is 2.67. The van der Waals surface area contributed by atoms with Crippen LogP contribution in [0.15, 0.2) is 23.8 Å². The molecule has 1 saturated heterocycles. The molecular formula is C13H11F2N3OS. The molecule has 7 heteroatoms. The highest BCUT2D eigenvalue weighted by molar-refractivity contribution is 7.09. The molecule has 1 amide bonds. The summed E-state index contributed by atoms with van der Waals surface area (Å²) in [7, 11) is 0. The Morgan fingerprint density at radius 1 is 1.40 bits per heavy atom. The number of carbonyl (C=O) groups excluding carboxylic acids is 1. The summed E-state index contributed by atoms with van der Waals surface area (Å²) in [5.74, 6) is -2.24. The molecule has 20 heavy (non-hydrogen) atoms. The van der Waals surface area contributed by atoms with Crippen LogP contribution in [0.5, 0.6) is 0 Å². The van der Waals surface area contributed by atoms with Crippen molar-refractivity contribution in [2.75, 3.05) is 6.54 Å². The summed E-state index contributed by atoms with van der Waals surface area (Å²) in [4.78, 5) is 21.7. The zero-order valence-corrected chi connectivity index (χ0v) is 11.2. The van der Waals surface area contributed by atoms with Crippen LogP contribution in [0.25, 0.3) is 0 Å². The molecule has 1 fully saturated rings. The molecule has 2 aromatic rings. The lowest BCUT2D eigenvalue weighted by molar-refractivity contribution is 0.0724. The van der Waals surface area contributed by atoms with Gasteiger partial charge in [0.15, 0.2) is 11.5 Å². The van der Waals surface area contributed by atoms with Crippen molar-refractivity contribution < 1.29 is 13.6 Å². The predicted molar refractivity (Wildman–Crippen MR) is 69.3 cm³/mol. The first-order valence-electron chi connectivity index (χ1n) is 6.18. The number of pyridine rings is 1. The van der Waals surface area contributed by atoms with Gasteiger partial charge in [0.05, 0.1) is 12.2 Å². The highest BCUT2D eigenvalue weighted by Gasteiger charge is 2.33. The van der Waals surface area contributed by atoms with Crippen LogP contribution >= 0.6 is 11.3 Å². The van der Waals surface area contributed by atoms with Gasteiger partial charge in [0.2, 0.25) is 0 Å². The van der Waals surface area contributed by atoms with Crippen LogP contribution in [0, 0.1) is 11.6 Å². The SMILES string of the molecule is O=C(c1ncc(F)cc1F)N1CCCC1c1nccs1. The van der Waals surface area contributed by atoms with Crippen molar-refractivity contribution in [3.8, 4) is 0 Å². The molecule has 104 valence electrons. The third kappa shape index (κ3) is 2.29. The van der Waals surface area contributed by atoms with Gasteiger partial charge in [-0.05, 0) is 12.8 Å². The molecule has 0 aromatic carbocycles. The van der Waals surface area contributed by atoms with Gasteiger partial charge in [-0.2, -0.15) is 0 Å². The summed E-state index contributed by atoms with van der Waals surface area (Å²) in [6, 6.07) is 0.531. The summed E-state index contributed by atoms with van der Waals surface area (Å²) < 4.78 is 26.5. The predicted octanol–water partition coefficient (Wildman–Crippen LogP) is 2.79. The number of nitrogens with zero attached hydrogens (tertiary/aromatic N) is 3. The second-order valence-corrected chi connectivity index (χ2v) is 5.44. The highest BCUT2D eigenvalue weighted by Crippen LogP contribution is 2.34. The van der Waals surface area contributed by atoms with Gasteiger partial charge in [-0.25, -0.2) is 18.7 Å². The van der Waals surface area contributed by atoms with Crippen molar-refractivity contribution in [3.63, 3.8) is 0 Å². The molecule has 0 radical (unpaired) electrons. The van der Waals surface area contributed by atoms with Gasteiger partial charge in [-0.15, -0.1) is 11.3 Å². The summed E-state index contributed by atoms with van der Waals surface area (Å²) >= 11 is 1.46. The Hall–Kier alpha value is -1.89. The van der Waals surface area contributed by atoms with Gasteiger partial charge in [-0.3, -0.25) is 4.79 Å². The average molecular weight is 295 g/mol. The number of aromatic nitrogens is 2. The Morgan fingerprint density at radius 2 is 2.25 bits per heavy atom. The number of rotatable bonds is 2. The molecule has 0 bridgehead atoms. The van der Waals surface area contributed by atoms with Crippen LogP contribution in [0.1, 0.15) is 34.4 Å². The van der Waals surface area contributed by atoms with Gasteiger partial charge >= 0.3 is 0 Å². The number of likely N-dealkylation sites (tertiary alicyclic amines) is 1. The Morgan fingerprint density at radius 3 is 2.95 bits per heavy atom. The lowest BCUT2D eigenvalue weighted by Crippen LogP contribution is -2.32. The van der Waals surface area contributed by atoms with Gasteiger partial charge in [0.25, 0.3) is 5.91 Å². The molecule has 3 rings (SSSR count). The molecule has 1 unspecified atom stereocenters. The maximum Gasteiger partial charge on any atom is 0.276 e. The molecule has 0 saturated carbocycles. The fourth-order valence-electron chi connectivity index (χ4n) is 2.37. The van der Waals surface area contributed by atoms with Gasteiger partial charge in [0, 0.05) is 24.2 Å². The Bertz CT molecular complexity index is 633. The number of hydrogen-bond donors (Lipinski definition) is 0. The Labute approximate surface area is 118 Å². The van der Waals surface area contributed by atoms with Gasteiger partial charge in [0.1, 0.15) is 10.8 Å². The molecule has 3 heterocycles. The van der Waals surface area contributed by atoms with Crippen molar-refractivity contribution in [3.05, 3.63) is 46.2 Å². The number of carbonyl (C=O) groups is 1. The van der Waals surface area contributed by atoms with E-state index in [-0.39, 0.29) is 11.7 Å². The van der Waals surface area contributed by atoms with Crippen LogP contribution in [0.2, 0.25) is 0 Å². The second kappa shape index (κ2) is 5.24. The van der Waals surface area contributed by atoms with E-state index < -0.39 is 17.5 Å². The molecule has 0 spiro atoms. The van der Waals surface area contributed by atoms with Crippen LogP contribution in [-0.2, 0) is 0 Å². The third-order valence-electron chi connectivity index (χ3n) is 3.26. The first-order chi connectivity index (χ1) is 9.66. The minimum atomic E-state index is -0.931. The molecular weight excluding hydrogens is 284 g/mol. The molecule has 2 aromatic heterocycles. The number of amides is 1. The zero-order valence-electron chi connectivity index (χ0n) is 10.4. The van der Waals surface area contributed by atoms with E-state index in [1.807, 2.05) is 5.38 Å². The van der Waals surface area contributed by atoms with Crippen molar-refractivity contribution in [2.45, 2.75) is 18.9 Å². The van der Waals surface area contributed by atoms with Crippen LogP contribution in [0.3, 0.4) is 0 Å². The van der Waals surface area contributed by atoms with Crippen molar-refractivity contribution >= 4 is 17.2 Å². The topological polar surface area (TPSA) is 46.1 Å². The van der Waals surface area contributed by atoms with E-state index in [9.17, 15) is 13.6 Å². The normalized spacial score (nSPS) is 18.5. The Kier molecular flexibility index (Phi) is 3.43. The standard InChI is InChI=1S/C13H11F2N3OS/c14-8-6-9(15)11(17-7-8)13(19)18-4-1-2-10(18)12-16-3-5-20-12/h3,5-7,10H,1-2,4H2. The van der Waals surface area contributed by atoms with E-state index in [2.05, 4.69) is 9.97 Å². The average Bonchev–Trinajstić information content (AvgIpc) is 3.09. The zero-order chi connectivity index (χ0) is 14.1. The first kappa shape index (κ1) is 13.1. The van der Waals surface area contributed by atoms with Crippen LogP contribution < -0.4 is 0 Å². The van der Waals surface area contributed by atoms with E-state index in [0.29, 0.717) is 12.6 Å². The van der Waals surface area contributed by atoms with Crippen LogP contribution in [0.4, 0.5) is 8.78 Å². The number of hydrogen-bond acceptors (Lipinski definition) is 4. The van der Waals surface area contributed by atoms with Crippen molar-refractivity contribution in [1.82, 2.24) is 14.9 Å². The molecule has 4 nitrogen and oxygen atoms in total. The van der Waals surface area contributed by atoms with E-state index in [1.54, 1.807) is 11.1 Å². The van der Waals surface area contributed by atoms with Crippen molar-refractivity contribution in [2.24, 2.45) is 0 Å². The van der Waals surface area contributed by atoms with E-state index in [1.165, 1.54) is 11.3 Å². The van der Waals surface area contributed by atoms with Crippen molar-refractivity contribution in [1.29, 1.82) is 0 Å². The largest absolute Gasteiger partial charge is 0.328 e. The smallest absolute Gasteiger partial charge is 0.276 e. The number of halogens is 2. The lowest BCUT2D eigenvalue weighted by Gasteiger charge is -2.22. The fraction of sp³-hybridized carbons (Fsp3) is 0.308. The third-order valence-corrected chi connectivity index (χ3v) is 4.14. The summed E-state index contributed by atoms with van der Waals surface area (Å²) in [5.41, 5.74) is -0.338. The van der Waals surface area contributed by atoms with E-state index in [0.717, 1.165) is 24.0 Å². The number of thiazole rings is 1. The molecule has 0 aliphatic carbocycles. The molecule has 1 aliphatic rings. The van der Waals surface area contributed by atoms with E-state index >= 15 is 0 Å². The summed E-state index contributed by atoms with van der Waals surface area (Å²) in [6.07, 6.45) is 4.16. The van der Waals surface area contributed by atoms with Crippen LogP contribution in [-0.4, -0.2) is 27.3 Å². The minimum absolute atomic E-state index is 0.145. The maximum absolute atomic E-state index is 13.7. The summed E-state index contributed by atoms with van der Waals surface area (Å²) in [6.45, 7) is 0.529. The second-order valence-electron chi connectivity index (χ2n) is 4.51. The van der Waals surface area contributed by atoms with Gasteiger partial charge < -0.3 is 4.90 Å². The quantitative estimate of drug-likeness (QED) is 0.856.